The van der Waals surface area contributed by atoms with E-state index in [2.05, 4.69) is 10.9 Å². The summed E-state index contributed by atoms with van der Waals surface area (Å²) in [6.45, 7) is 7.65. The van der Waals surface area contributed by atoms with Crippen LogP contribution in [0.5, 0.6) is 11.5 Å². The highest BCUT2D eigenvalue weighted by Crippen LogP contribution is 2.27. The van der Waals surface area contributed by atoms with Gasteiger partial charge in [-0.1, -0.05) is 6.07 Å². The minimum absolute atomic E-state index is 0.205. The number of carbonyl (C=O) groups excluding carboxylic acids is 1. The van der Waals surface area contributed by atoms with Crippen LogP contribution in [0.2, 0.25) is 0 Å². The van der Waals surface area contributed by atoms with Gasteiger partial charge in [-0.25, -0.2) is 10.9 Å². The predicted octanol–water partition coefficient (Wildman–Crippen LogP) is 1.44. The first kappa shape index (κ1) is 19.2. The summed E-state index contributed by atoms with van der Waals surface area (Å²) in [6.07, 6.45) is 0.246. The number of benzene rings is 1. The van der Waals surface area contributed by atoms with Gasteiger partial charge in [0.2, 0.25) is 0 Å². The van der Waals surface area contributed by atoms with Crippen molar-refractivity contribution in [3.8, 4) is 11.5 Å². The average molecular weight is 326 g/mol. The standard InChI is InChI=1S/C16H26N2O5/c1-15(2,3)23-10-17-18-16(4,14(21)22-5)9-11-6-7-12(19)13(20)8-11/h6-8,17-20H,9-10H2,1-5H3. The van der Waals surface area contributed by atoms with Crippen LogP contribution in [-0.2, 0) is 20.7 Å². The smallest absolute Gasteiger partial charge is 0.327 e. The van der Waals surface area contributed by atoms with Crippen LogP contribution in [-0.4, -0.2) is 41.2 Å². The van der Waals surface area contributed by atoms with Gasteiger partial charge in [-0.2, -0.15) is 0 Å². The molecule has 0 radical (unpaired) electrons. The fourth-order valence-electron chi connectivity index (χ4n) is 1.96. The number of phenols is 2. The van der Waals surface area contributed by atoms with Gasteiger partial charge in [0.05, 0.1) is 12.7 Å². The molecule has 7 heteroatoms. The van der Waals surface area contributed by atoms with Crippen LogP contribution in [0, 0.1) is 0 Å². The van der Waals surface area contributed by atoms with E-state index in [-0.39, 0.29) is 30.3 Å². The van der Waals surface area contributed by atoms with Crippen LogP contribution >= 0.6 is 0 Å². The minimum Gasteiger partial charge on any atom is -0.504 e. The van der Waals surface area contributed by atoms with Crippen LogP contribution in [0.25, 0.3) is 0 Å². The number of hydrazine groups is 1. The molecule has 1 aromatic rings. The lowest BCUT2D eigenvalue weighted by molar-refractivity contribution is -0.148. The van der Waals surface area contributed by atoms with Crippen LogP contribution in [0.3, 0.4) is 0 Å². The third-order valence-corrected chi connectivity index (χ3v) is 3.18. The summed E-state index contributed by atoms with van der Waals surface area (Å²) >= 11 is 0. The van der Waals surface area contributed by atoms with Crippen molar-refractivity contribution in [2.24, 2.45) is 0 Å². The maximum Gasteiger partial charge on any atom is 0.327 e. The van der Waals surface area contributed by atoms with E-state index in [1.165, 1.54) is 19.2 Å². The molecule has 1 unspecified atom stereocenters. The zero-order valence-electron chi connectivity index (χ0n) is 14.3. The SMILES string of the molecule is COC(=O)C(C)(Cc1ccc(O)c(O)c1)NNCOC(C)(C)C. The molecule has 1 atom stereocenters. The Kier molecular flexibility index (Phi) is 6.37. The molecule has 130 valence electrons. The van der Waals surface area contributed by atoms with E-state index in [1.807, 2.05) is 20.8 Å². The lowest BCUT2D eigenvalue weighted by Gasteiger charge is -2.29. The molecule has 0 aliphatic carbocycles. The Labute approximate surface area is 136 Å². The number of rotatable bonds is 7. The van der Waals surface area contributed by atoms with Gasteiger partial charge < -0.3 is 19.7 Å². The molecule has 1 aromatic carbocycles. The molecule has 0 bridgehead atoms. The summed E-state index contributed by atoms with van der Waals surface area (Å²) < 4.78 is 10.4. The molecule has 1 rings (SSSR count). The van der Waals surface area contributed by atoms with E-state index in [1.54, 1.807) is 13.0 Å². The molecule has 0 saturated heterocycles. The maximum absolute atomic E-state index is 12.1. The van der Waals surface area contributed by atoms with E-state index in [9.17, 15) is 15.0 Å². The van der Waals surface area contributed by atoms with Crippen molar-refractivity contribution in [1.82, 2.24) is 10.9 Å². The summed E-state index contributed by atoms with van der Waals surface area (Å²) in [5.41, 5.74) is 5.06. The fraction of sp³-hybridized carbons (Fsp3) is 0.562. The van der Waals surface area contributed by atoms with Gasteiger partial charge in [0.15, 0.2) is 11.5 Å². The van der Waals surface area contributed by atoms with E-state index >= 15 is 0 Å². The Morgan fingerprint density at radius 2 is 1.83 bits per heavy atom. The topological polar surface area (TPSA) is 100 Å². The van der Waals surface area contributed by atoms with Crippen LogP contribution in [0.1, 0.15) is 33.3 Å². The number of carbonyl (C=O) groups is 1. The lowest BCUT2D eigenvalue weighted by Crippen LogP contribution is -2.58. The molecule has 0 saturated carbocycles. The van der Waals surface area contributed by atoms with Gasteiger partial charge in [-0.15, -0.1) is 0 Å². The highest BCUT2D eigenvalue weighted by Gasteiger charge is 2.34. The van der Waals surface area contributed by atoms with E-state index < -0.39 is 11.5 Å². The number of methoxy groups -OCH3 is 1. The molecule has 4 N–H and O–H groups in total. The first-order valence-corrected chi connectivity index (χ1v) is 7.31. The van der Waals surface area contributed by atoms with Gasteiger partial charge in [-0.3, -0.25) is 4.79 Å². The molecule has 0 fully saturated rings. The molecular formula is C16H26N2O5. The van der Waals surface area contributed by atoms with Gasteiger partial charge >= 0.3 is 5.97 Å². The van der Waals surface area contributed by atoms with E-state index in [0.29, 0.717) is 5.56 Å². The summed E-state index contributed by atoms with van der Waals surface area (Å²) in [5.74, 6) is -0.912. The van der Waals surface area contributed by atoms with Gasteiger partial charge in [0.1, 0.15) is 12.3 Å². The Hall–Kier alpha value is -1.83. The number of nitrogens with one attached hydrogen (secondary N) is 2. The van der Waals surface area contributed by atoms with Crippen molar-refractivity contribution in [2.45, 2.75) is 45.3 Å². The van der Waals surface area contributed by atoms with Crippen LogP contribution in [0.4, 0.5) is 0 Å². The zero-order chi connectivity index (χ0) is 17.7. The number of ether oxygens (including phenoxy) is 2. The highest BCUT2D eigenvalue weighted by atomic mass is 16.5. The summed E-state index contributed by atoms with van der Waals surface area (Å²) in [5, 5.41) is 18.9. The van der Waals surface area contributed by atoms with Crippen molar-refractivity contribution in [3.05, 3.63) is 23.8 Å². The normalized spacial score (nSPS) is 14.3. The largest absolute Gasteiger partial charge is 0.504 e. The van der Waals surface area contributed by atoms with Crippen LogP contribution < -0.4 is 10.9 Å². The number of aromatic hydroxyl groups is 2. The number of phenolic OH excluding ortho intramolecular Hbond substituents is 2. The molecular weight excluding hydrogens is 300 g/mol. The van der Waals surface area contributed by atoms with Gasteiger partial charge in [0.25, 0.3) is 0 Å². The second-order valence-corrected chi connectivity index (χ2v) is 6.53. The Balaban J connectivity index is 2.77. The van der Waals surface area contributed by atoms with Crippen LogP contribution in [0.15, 0.2) is 18.2 Å². The monoisotopic (exact) mass is 326 g/mol. The third-order valence-electron chi connectivity index (χ3n) is 3.18. The van der Waals surface area contributed by atoms with Crippen molar-refractivity contribution >= 4 is 5.97 Å². The summed E-state index contributed by atoms with van der Waals surface area (Å²) in [6, 6.07) is 4.41. The minimum atomic E-state index is -1.07. The molecule has 0 spiro atoms. The molecule has 0 aliphatic heterocycles. The quantitative estimate of drug-likeness (QED) is 0.198. The Morgan fingerprint density at radius 3 is 2.35 bits per heavy atom. The van der Waals surface area contributed by atoms with Crippen molar-refractivity contribution in [3.63, 3.8) is 0 Å². The second kappa shape index (κ2) is 7.63. The van der Waals surface area contributed by atoms with Crippen molar-refractivity contribution < 1.29 is 24.5 Å². The Morgan fingerprint density at radius 1 is 1.17 bits per heavy atom. The van der Waals surface area contributed by atoms with E-state index in [4.69, 9.17) is 9.47 Å². The first-order valence-electron chi connectivity index (χ1n) is 7.31. The molecule has 0 aliphatic rings. The predicted molar refractivity (Wildman–Crippen MR) is 85.9 cm³/mol. The molecule has 0 amide bonds. The highest BCUT2D eigenvalue weighted by molar-refractivity contribution is 5.80. The first-order chi connectivity index (χ1) is 10.6. The third kappa shape index (κ3) is 6.05. The molecule has 7 nitrogen and oxygen atoms in total. The maximum atomic E-state index is 12.1. The number of hydrogen-bond acceptors (Lipinski definition) is 7. The van der Waals surface area contributed by atoms with Crippen molar-refractivity contribution in [1.29, 1.82) is 0 Å². The average Bonchev–Trinajstić information content (AvgIpc) is 2.46. The van der Waals surface area contributed by atoms with Gasteiger partial charge in [0, 0.05) is 6.42 Å². The number of hydrogen-bond donors (Lipinski definition) is 4. The second-order valence-electron chi connectivity index (χ2n) is 6.53. The molecule has 0 aromatic heterocycles. The zero-order valence-corrected chi connectivity index (χ0v) is 14.3. The fourth-order valence-corrected chi connectivity index (χ4v) is 1.96. The number of esters is 1. The van der Waals surface area contributed by atoms with Gasteiger partial charge in [-0.05, 0) is 45.4 Å². The lowest BCUT2D eigenvalue weighted by atomic mass is 9.93. The van der Waals surface area contributed by atoms with E-state index in [0.717, 1.165) is 0 Å². The summed E-state index contributed by atoms with van der Waals surface area (Å²) in [4.78, 5) is 12.1. The summed E-state index contributed by atoms with van der Waals surface area (Å²) in [7, 11) is 1.31. The molecule has 23 heavy (non-hydrogen) atoms. The molecule has 0 heterocycles. The van der Waals surface area contributed by atoms with Crippen molar-refractivity contribution in [2.75, 3.05) is 13.8 Å². The Bertz CT molecular complexity index is 542.